The molecule has 0 aromatic heterocycles. The summed E-state index contributed by atoms with van der Waals surface area (Å²) in [4.78, 5) is 27.7. The second-order valence-electron chi connectivity index (χ2n) is 9.22. The van der Waals surface area contributed by atoms with Crippen LogP contribution in [0.5, 0.6) is 0 Å². The number of amides is 2. The van der Waals surface area contributed by atoms with Gasteiger partial charge in [-0.2, -0.15) is 0 Å². The van der Waals surface area contributed by atoms with Crippen LogP contribution in [0.4, 0.5) is 0 Å². The average molecular weight is 362 g/mol. The van der Waals surface area contributed by atoms with Crippen molar-refractivity contribution >= 4 is 11.8 Å². The van der Waals surface area contributed by atoms with Gasteiger partial charge in [-0.15, -0.1) is 0 Å². The Morgan fingerprint density at radius 2 is 1.73 bits per heavy atom. The molecule has 2 heterocycles. The predicted molar refractivity (Wildman–Crippen MR) is 102 cm³/mol. The van der Waals surface area contributed by atoms with Crippen molar-refractivity contribution in [3.63, 3.8) is 0 Å². The number of piperidine rings is 1. The van der Waals surface area contributed by atoms with Crippen LogP contribution < -0.4 is 10.6 Å². The second kappa shape index (κ2) is 7.87. The number of rotatable bonds is 4. The van der Waals surface area contributed by atoms with E-state index >= 15 is 0 Å². The molecule has 5 nitrogen and oxygen atoms in total. The van der Waals surface area contributed by atoms with E-state index < -0.39 is 0 Å². The van der Waals surface area contributed by atoms with Crippen LogP contribution in [-0.4, -0.2) is 48.9 Å². The summed E-state index contributed by atoms with van der Waals surface area (Å²) in [6.07, 6.45) is 12.3. The molecule has 5 heteroatoms. The molecule has 2 N–H and O–H groups in total. The lowest BCUT2D eigenvalue weighted by molar-refractivity contribution is -0.146. The molecule has 2 saturated carbocycles. The van der Waals surface area contributed by atoms with Gasteiger partial charge in [-0.1, -0.05) is 25.7 Å². The molecular formula is C21H35N3O2. The van der Waals surface area contributed by atoms with Crippen LogP contribution in [0.2, 0.25) is 0 Å². The Labute approximate surface area is 157 Å². The fourth-order valence-electron chi connectivity index (χ4n) is 5.97. The van der Waals surface area contributed by atoms with Gasteiger partial charge in [0.15, 0.2) is 0 Å². The van der Waals surface area contributed by atoms with Crippen LogP contribution in [0.25, 0.3) is 0 Å². The zero-order valence-electron chi connectivity index (χ0n) is 16.1. The summed E-state index contributed by atoms with van der Waals surface area (Å²) >= 11 is 0. The minimum atomic E-state index is -0.128. The molecule has 2 aliphatic heterocycles. The lowest BCUT2D eigenvalue weighted by Gasteiger charge is -2.43. The molecule has 0 bridgehead atoms. The molecule has 2 saturated heterocycles. The van der Waals surface area contributed by atoms with Crippen LogP contribution >= 0.6 is 0 Å². The first-order valence-corrected chi connectivity index (χ1v) is 11.0. The van der Waals surface area contributed by atoms with Gasteiger partial charge in [-0.25, -0.2) is 0 Å². The highest BCUT2D eigenvalue weighted by Gasteiger charge is 2.51. The lowest BCUT2D eigenvalue weighted by Crippen LogP contribution is -2.54. The third-order valence-electron chi connectivity index (χ3n) is 7.56. The summed E-state index contributed by atoms with van der Waals surface area (Å²) in [6, 6.07) is 0.259. The van der Waals surface area contributed by atoms with Gasteiger partial charge in [0.2, 0.25) is 11.8 Å². The van der Waals surface area contributed by atoms with Crippen LogP contribution in [0, 0.1) is 17.3 Å². The number of nitrogens with one attached hydrogen (secondary N) is 2. The number of hydrogen-bond donors (Lipinski definition) is 2. The zero-order valence-corrected chi connectivity index (χ0v) is 16.1. The Hall–Kier alpha value is -1.10. The lowest BCUT2D eigenvalue weighted by atomic mass is 9.67. The van der Waals surface area contributed by atoms with Crippen molar-refractivity contribution in [1.82, 2.24) is 15.5 Å². The number of hydrogen-bond acceptors (Lipinski definition) is 3. The van der Waals surface area contributed by atoms with Gasteiger partial charge in [-0.3, -0.25) is 9.59 Å². The molecule has 0 spiro atoms. The van der Waals surface area contributed by atoms with E-state index in [4.69, 9.17) is 0 Å². The van der Waals surface area contributed by atoms with Crippen molar-refractivity contribution < 1.29 is 9.59 Å². The largest absolute Gasteiger partial charge is 0.353 e. The van der Waals surface area contributed by atoms with Gasteiger partial charge < -0.3 is 15.5 Å². The van der Waals surface area contributed by atoms with Gasteiger partial charge in [0.1, 0.15) is 0 Å². The van der Waals surface area contributed by atoms with Crippen molar-refractivity contribution in [2.45, 2.75) is 76.7 Å². The van der Waals surface area contributed by atoms with Crippen molar-refractivity contribution in [2.24, 2.45) is 17.3 Å². The second-order valence-corrected chi connectivity index (χ2v) is 9.22. The molecule has 2 aliphatic carbocycles. The monoisotopic (exact) mass is 361 g/mol. The van der Waals surface area contributed by atoms with E-state index in [2.05, 4.69) is 15.5 Å². The summed E-state index contributed by atoms with van der Waals surface area (Å²) < 4.78 is 0. The molecule has 0 radical (unpaired) electrons. The standard InChI is InChI=1S/C21H35N3O2/c25-19(13-16-5-1-2-6-16)23-18-8-11-24(12-9-18)20(26)21-10-4-3-7-17(21)14-22-15-21/h16-18,22H,1-15H2,(H,23,25)/t17-,21+/m0/s1. The summed E-state index contributed by atoms with van der Waals surface area (Å²) in [5, 5.41) is 6.73. The van der Waals surface area contributed by atoms with Crippen molar-refractivity contribution in [3.05, 3.63) is 0 Å². The fraction of sp³-hybridized carbons (Fsp3) is 0.905. The molecule has 4 fully saturated rings. The van der Waals surface area contributed by atoms with Gasteiger partial charge in [-0.05, 0) is 56.9 Å². The SMILES string of the molecule is O=C(CC1CCCC1)NC1CCN(C(=O)[C@@]23CCCC[C@H]2CNC3)CC1. The van der Waals surface area contributed by atoms with Crippen molar-refractivity contribution in [1.29, 1.82) is 0 Å². The maximum absolute atomic E-state index is 13.3. The first-order chi connectivity index (χ1) is 12.7. The average Bonchev–Trinajstić information content (AvgIpc) is 3.31. The predicted octanol–water partition coefficient (Wildman–Crippen LogP) is 2.45. The van der Waals surface area contributed by atoms with Gasteiger partial charge >= 0.3 is 0 Å². The molecule has 2 atom stereocenters. The third-order valence-corrected chi connectivity index (χ3v) is 7.56. The minimum absolute atomic E-state index is 0.128. The molecule has 0 unspecified atom stereocenters. The maximum atomic E-state index is 13.3. The van der Waals surface area contributed by atoms with Crippen LogP contribution in [-0.2, 0) is 9.59 Å². The maximum Gasteiger partial charge on any atom is 0.230 e. The van der Waals surface area contributed by atoms with Gasteiger partial charge in [0.05, 0.1) is 5.41 Å². The number of fused-ring (bicyclic) bond motifs is 1. The highest BCUT2D eigenvalue weighted by Crippen LogP contribution is 2.45. The molecule has 0 aromatic rings. The number of likely N-dealkylation sites (tertiary alicyclic amines) is 1. The number of nitrogens with zero attached hydrogens (tertiary/aromatic N) is 1. The van der Waals surface area contributed by atoms with E-state index in [1.165, 1.54) is 44.9 Å². The fourth-order valence-corrected chi connectivity index (χ4v) is 5.97. The first-order valence-electron chi connectivity index (χ1n) is 11.0. The topological polar surface area (TPSA) is 61.4 Å². The molecule has 26 heavy (non-hydrogen) atoms. The van der Waals surface area contributed by atoms with Crippen LogP contribution in [0.1, 0.15) is 70.6 Å². The van der Waals surface area contributed by atoms with Crippen LogP contribution in [0.15, 0.2) is 0 Å². The third kappa shape index (κ3) is 3.64. The number of carbonyl (C=O) groups excluding carboxylic acids is 2. The van der Waals surface area contributed by atoms with Crippen molar-refractivity contribution in [2.75, 3.05) is 26.2 Å². The van der Waals surface area contributed by atoms with Crippen LogP contribution in [0.3, 0.4) is 0 Å². The molecule has 0 aromatic carbocycles. The summed E-state index contributed by atoms with van der Waals surface area (Å²) in [6.45, 7) is 3.50. The minimum Gasteiger partial charge on any atom is -0.353 e. The molecule has 146 valence electrons. The smallest absolute Gasteiger partial charge is 0.230 e. The van der Waals surface area contributed by atoms with E-state index in [-0.39, 0.29) is 17.4 Å². The van der Waals surface area contributed by atoms with E-state index in [9.17, 15) is 9.59 Å². The zero-order chi connectivity index (χ0) is 18.0. The van der Waals surface area contributed by atoms with Gasteiger partial charge in [0, 0.05) is 32.1 Å². The Bertz CT molecular complexity index is 523. The van der Waals surface area contributed by atoms with E-state index in [0.29, 0.717) is 24.2 Å². The van der Waals surface area contributed by atoms with E-state index in [1.807, 2.05) is 0 Å². The highest BCUT2D eigenvalue weighted by molar-refractivity contribution is 5.84. The molecular weight excluding hydrogens is 326 g/mol. The Balaban J connectivity index is 1.26. The molecule has 4 rings (SSSR count). The quantitative estimate of drug-likeness (QED) is 0.809. The molecule has 4 aliphatic rings. The molecule has 2 amide bonds. The summed E-state index contributed by atoms with van der Waals surface area (Å²) in [7, 11) is 0. The Morgan fingerprint density at radius 3 is 2.50 bits per heavy atom. The van der Waals surface area contributed by atoms with Crippen molar-refractivity contribution in [3.8, 4) is 0 Å². The Morgan fingerprint density at radius 1 is 1.00 bits per heavy atom. The summed E-state index contributed by atoms with van der Waals surface area (Å²) in [5.41, 5.74) is -0.128. The number of carbonyl (C=O) groups is 2. The van der Waals surface area contributed by atoms with E-state index in [0.717, 1.165) is 45.4 Å². The highest BCUT2D eigenvalue weighted by atomic mass is 16.2. The first kappa shape index (κ1) is 18.3. The Kier molecular flexibility index (Phi) is 5.53. The summed E-state index contributed by atoms with van der Waals surface area (Å²) in [5.74, 6) is 1.76. The van der Waals surface area contributed by atoms with Gasteiger partial charge in [0.25, 0.3) is 0 Å². The normalized spacial score (nSPS) is 33.2. The van der Waals surface area contributed by atoms with E-state index in [1.54, 1.807) is 0 Å².